The highest BCUT2D eigenvalue weighted by Gasteiger charge is 2.20. The molecule has 0 N–H and O–H groups in total. The van der Waals surface area contributed by atoms with Crippen LogP contribution in [-0.4, -0.2) is 29.3 Å². The number of benzene rings is 1. The molecule has 1 amide bonds. The van der Waals surface area contributed by atoms with E-state index >= 15 is 0 Å². The lowest BCUT2D eigenvalue weighted by molar-refractivity contribution is 0.0701. The van der Waals surface area contributed by atoms with Gasteiger partial charge >= 0.3 is 0 Å². The molecule has 1 aromatic rings. The van der Waals surface area contributed by atoms with Crippen molar-refractivity contribution in [3.05, 3.63) is 35.6 Å². The van der Waals surface area contributed by atoms with Gasteiger partial charge in [0, 0.05) is 18.5 Å². The highest BCUT2D eigenvalue weighted by molar-refractivity contribution is 6.17. The Labute approximate surface area is 106 Å². The van der Waals surface area contributed by atoms with Gasteiger partial charge < -0.3 is 4.90 Å². The number of halogens is 2. The Balaban J connectivity index is 2.88. The van der Waals surface area contributed by atoms with Crippen LogP contribution in [0.25, 0.3) is 0 Å². The highest BCUT2D eigenvalue weighted by atomic mass is 35.5. The molecule has 0 heterocycles. The van der Waals surface area contributed by atoms with E-state index in [9.17, 15) is 9.18 Å². The predicted molar refractivity (Wildman–Crippen MR) is 67.9 cm³/mol. The van der Waals surface area contributed by atoms with Gasteiger partial charge in [0.2, 0.25) is 0 Å². The summed E-state index contributed by atoms with van der Waals surface area (Å²) in [5.41, 5.74) is 0.121. The molecule has 4 heteroatoms. The zero-order valence-corrected chi connectivity index (χ0v) is 10.9. The van der Waals surface area contributed by atoms with Gasteiger partial charge in [0.25, 0.3) is 5.91 Å². The second-order valence-electron chi connectivity index (χ2n) is 4.11. The van der Waals surface area contributed by atoms with E-state index in [2.05, 4.69) is 0 Å². The molecule has 94 valence electrons. The minimum Gasteiger partial charge on any atom is -0.336 e. The molecule has 0 aliphatic carbocycles. The SMILES string of the molecule is CC(C)N(CCCCl)C(=O)c1ccccc1F. The summed E-state index contributed by atoms with van der Waals surface area (Å²) in [7, 11) is 0. The van der Waals surface area contributed by atoms with Gasteiger partial charge in [-0.15, -0.1) is 11.6 Å². The van der Waals surface area contributed by atoms with Crippen molar-refractivity contribution >= 4 is 17.5 Å². The van der Waals surface area contributed by atoms with Crippen LogP contribution in [0.2, 0.25) is 0 Å². The standard InChI is InChI=1S/C13H17ClFNO/c1-10(2)16(9-5-8-14)13(17)11-6-3-4-7-12(11)15/h3-4,6-7,10H,5,8-9H2,1-2H3. The Kier molecular flexibility index (Phi) is 5.42. The third kappa shape index (κ3) is 3.70. The summed E-state index contributed by atoms with van der Waals surface area (Å²) < 4.78 is 13.5. The Bertz CT molecular complexity index is 381. The molecule has 1 aromatic carbocycles. The molecule has 2 nitrogen and oxygen atoms in total. The molecular weight excluding hydrogens is 241 g/mol. The fourth-order valence-electron chi connectivity index (χ4n) is 1.61. The van der Waals surface area contributed by atoms with Gasteiger partial charge in [-0.3, -0.25) is 4.79 Å². The van der Waals surface area contributed by atoms with Crippen LogP contribution in [0.1, 0.15) is 30.6 Å². The van der Waals surface area contributed by atoms with Crippen LogP contribution in [0, 0.1) is 5.82 Å². The molecule has 0 saturated heterocycles. The van der Waals surface area contributed by atoms with Crippen molar-refractivity contribution in [3.63, 3.8) is 0 Å². The minimum atomic E-state index is -0.478. The largest absolute Gasteiger partial charge is 0.336 e. The molecule has 0 radical (unpaired) electrons. The van der Waals surface area contributed by atoms with E-state index in [1.807, 2.05) is 13.8 Å². The molecule has 0 aliphatic rings. The Morgan fingerprint density at radius 2 is 2.06 bits per heavy atom. The van der Waals surface area contributed by atoms with E-state index < -0.39 is 5.82 Å². The Morgan fingerprint density at radius 1 is 1.41 bits per heavy atom. The van der Waals surface area contributed by atoms with Crippen molar-refractivity contribution in [2.45, 2.75) is 26.3 Å². The number of nitrogens with zero attached hydrogens (tertiary/aromatic N) is 1. The Morgan fingerprint density at radius 3 is 2.59 bits per heavy atom. The lowest BCUT2D eigenvalue weighted by atomic mass is 10.1. The first-order valence-corrected chi connectivity index (χ1v) is 6.22. The molecule has 0 aromatic heterocycles. The van der Waals surface area contributed by atoms with Crippen molar-refractivity contribution in [3.8, 4) is 0 Å². The van der Waals surface area contributed by atoms with E-state index in [4.69, 9.17) is 11.6 Å². The number of carbonyl (C=O) groups is 1. The normalized spacial score (nSPS) is 10.6. The van der Waals surface area contributed by atoms with Crippen LogP contribution in [0.15, 0.2) is 24.3 Å². The van der Waals surface area contributed by atoms with Gasteiger partial charge in [0.05, 0.1) is 5.56 Å². The van der Waals surface area contributed by atoms with Gasteiger partial charge in [-0.25, -0.2) is 4.39 Å². The molecule has 0 spiro atoms. The molecule has 1 rings (SSSR count). The van der Waals surface area contributed by atoms with Crippen LogP contribution in [0.5, 0.6) is 0 Å². The van der Waals surface area contributed by atoms with Crippen LogP contribution >= 0.6 is 11.6 Å². The molecule has 17 heavy (non-hydrogen) atoms. The topological polar surface area (TPSA) is 20.3 Å². The first-order valence-electron chi connectivity index (χ1n) is 5.69. The monoisotopic (exact) mass is 257 g/mol. The van der Waals surface area contributed by atoms with Gasteiger partial charge in [0.1, 0.15) is 5.82 Å². The van der Waals surface area contributed by atoms with E-state index in [1.165, 1.54) is 12.1 Å². The van der Waals surface area contributed by atoms with E-state index in [0.717, 1.165) is 0 Å². The molecular formula is C13H17ClFNO. The van der Waals surface area contributed by atoms with Crippen molar-refractivity contribution in [1.29, 1.82) is 0 Å². The average Bonchev–Trinajstić information content (AvgIpc) is 2.29. The van der Waals surface area contributed by atoms with Gasteiger partial charge in [-0.05, 0) is 32.4 Å². The van der Waals surface area contributed by atoms with E-state index in [-0.39, 0.29) is 17.5 Å². The zero-order chi connectivity index (χ0) is 12.8. The number of amides is 1. The average molecular weight is 258 g/mol. The maximum Gasteiger partial charge on any atom is 0.257 e. The molecule has 0 bridgehead atoms. The van der Waals surface area contributed by atoms with Crippen LogP contribution in [0.3, 0.4) is 0 Å². The smallest absolute Gasteiger partial charge is 0.257 e. The maximum absolute atomic E-state index is 13.5. The number of hydrogen-bond donors (Lipinski definition) is 0. The second kappa shape index (κ2) is 6.60. The lowest BCUT2D eigenvalue weighted by Gasteiger charge is -2.26. The van der Waals surface area contributed by atoms with E-state index in [0.29, 0.717) is 18.8 Å². The second-order valence-corrected chi connectivity index (χ2v) is 4.49. The van der Waals surface area contributed by atoms with Gasteiger partial charge in [0.15, 0.2) is 0 Å². The molecule has 0 atom stereocenters. The van der Waals surface area contributed by atoms with Crippen LogP contribution in [-0.2, 0) is 0 Å². The fraction of sp³-hybridized carbons (Fsp3) is 0.462. The van der Waals surface area contributed by atoms with Crippen LogP contribution < -0.4 is 0 Å². The maximum atomic E-state index is 13.5. The summed E-state index contributed by atoms with van der Waals surface area (Å²) in [4.78, 5) is 13.8. The third-order valence-electron chi connectivity index (χ3n) is 2.52. The summed E-state index contributed by atoms with van der Waals surface area (Å²) >= 11 is 5.62. The summed E-state index contributed by atoms with van der Waals surface area (Å²) in [6.07, 6.45) is 0.708. The van der Waals surface area contributed by atoms with Crippen molar-refractivity contribution in [2.24, 2.45) is 0 Å². The number of alkyl halides is 1. The molecule has 0 saturated carbocycles. The fourth-order valence-corrected chi connectivity index (χ4v) is 1.73. The lowest BCUT2D eigenvalue weighted by Crippen LogP contribution is -2.38. The van der Waals surface area contributed by atoms with Crippen molar-refractivity contribution < 1.29 is 9.18 Å². The highest BCUT2D eigenvalue weighted by Crippen LogP contribution is 2.13. The minimum absolute atomic E-state index is 0.0327. The summed E-state index contributed by atoms with van der Waals surface area (Å²) in [6.45, 7) is 4.37. The number of hydrogen-bond acceptors (Lipinski definition) is 1. The first kappa shape index (κ1) is 14.0. The van der Waals surface area contributed by atoms with Gasteiger partial charge in [-0.1, -0.05) is 12.1 Å². The molecule has 0 aliphatic heterocycles. The number of carbonyl (C=O) groups excluding carboxylic acids is 1. The third-order valence-corrected chi connectivity index (χ3v) is 2.79. The summed E-state index contributed by atoms with van der Waals surface area (Å²) in [5.74, 6) is -0.259. The molecule has 0 fully saturated rings. The summed E-state index contributed by atoms with van der Waals surface area (Å²) in [5, 5.41) is 0. The quantitative estimate of drug-likeness (QED) is 0.741. The Hall–Kier alpha value is -1.09. The van der Waals surface area contributed by atoms with Crippen molar-refractivity contribution in [1.82, 2.24) is 4.90 Å². The van der Waals surface area contributed by atoms with Crippen LogP contribution in [0.4, 0.5) is 4.39 Å². The van der Waals surface area contributed by atoms with Gasteiger partial charge in [-0.2, -0.15) is 0 Å². The number of rotatable bonds is 5. The van der Waals surface area contributed by atoms with Crippen molar-refractivity contribution in [2.75, 3.05) is 12.4 Å². The summed E-state index contributed by atoms with van der Waals surface area (Å²) in [6, 6.07) is 6.08. The zero-order valence-electron chi connectivity index (χ0n) is 10.1. The van der Waals surface area contributed by atoms with E-state index in [1.54, 1.807) is 17.0 Å². The predicted octanol–water partition coefficient (Wildman–Crippen LogP) is 3.31. The molecule has 0 unspecified atom stereocenters. The first-order chi connectivity index (χ1) is 8.07.